The summed E-state index contributed by atoms with van der Waals surface area (Å²) in [6, 6.07) is 49.2. The Labute approximate surface area is 353 Å². The van der Waals surface area contributed by atoms with Gasteiger partial charge in [-0.2, -0.15) is 0 Å². The van der Waals surface area contributed by atoms with E-state index >= 15 is 0 Å². The van der Waals surface area contributed by atoms with E-state index in [2.05, 4.69) is 157 Å². The number of pyridine rings is 5. The van der Waals surface area contributed by atoms with Gasteiger partial charge < -0.3 is 13.7 Å². The van der Waals surface area contributed by atoms with Crippen molar-refractivity contribution in [2.75, 3.05) is 0 Å². The molecule has 0 spiro atoms. The molecule has 0 saturated carbocycles. The van der Waals surface area contributed by atoms with E-state index in [0.717, 1.165) is 100 Å². The highest BCUT2D eigenvalue weighted by Gasteiger charge is 2.18. The van der Waals surface area contributed by atoms with E-state index < -0.39 is 0 Å². The monoisotopic (exact) mass is 790 g/mol. The van der Waals surface area contributed by atoms with Crippen molar-refractivity contribution in [3.05, 3.63) is 195 Å². The number of rotatable bonds is 5. The predicted octanol–water partition coefficient (Wildman–Crippen LogP) is 12.9. The second-order valence-electron chi connectivity index (χ2n) is 14.6. The largest absolute Gasteiger partial charge is 0.309 e. The van der Waals surface area contributed by atoms with Crippen LogP contribution < -0.4 is 0 Å². The summed E-state index contributed by atoms with van der Waals surface area (Å²) in [4.78, 5) is 22.3. The summed E-state index contributed by atoms with van der Waals surface area (Å²) in [5, 5.41) is 4.45. The molecule has 8 heterocycles. The van der Waals surface area contributed by atoms with Crippen LogP contribution in [0.3, 0.4) is 0 Å². The number of fused-ring (bicyclic) bond motifs is 9. The Balaban J connectivity index is 0.000000399. The van der Waals surface area contributed by atoms with Crippen LogP contribution in [-0.2, 0) is 6.42 Å². The molecule has 0 saturated heterocycles. The Kier molecular flexibility index (Phi) is 9.78. The summed E-state index contributed by atoms with van der Waals surface area (Å²) in [7, 11) is 0. The second-order valence-corrected chi connectivity index (χ2v) is 14.6. The molecular formula is C53H42N8. The summed E-state index contributed by atoms with van der Waals surface area (Å²) in [5.41, 5.74) is 15.5. The lowest BCUT2D eigenvalue weighted by Crippen LogP contribution is -1.96. The minimum atomic E-state index is 0.976. The summed E-state index contributed by atoms with van der Waals surface area (Å²) in [6.45, 7) is 6.12. The Bertz CT molecular complexity index is 3360. The van der Waals surface area contributed by atoms with E-state index in [0.29, 0.717) is 0 Å². The summed E-state index contributed by atoms with van der Waals surface area (Å²) < 4.78 is 6.90. The van der Waals surface area contributed by atoms with Gasteiger partial charge in [0.2, 0.25) is 0 Å². The smallest absolute Gasteiger partial charge is 0.0964 e. The van der Waals surface area contributed by atoms with Crippen molar-refractivity contribution < 1.29 is 0 Å². The molecule has 0 aliphatic carbocycles. The summed E-state index contributed by atoms with van der Waals surface area (Å²) in [6.07, 6.45) is 16.0. The molecule has 0 fully saturated rings. The van der Waals surface area contributed by atoms with Crippen LogP contribution in [-0.4, -0.2) is 38.6 Å². The number of benzene rings is 4. The van der Waals surface area contributed by atoms with E-state index in [-0.39, 0.29) is 0 Å². The van der Waals surface area contributed by atoms with Crippen molar-refractivity contribution in [1.82, 2.24) is 38.6 Å². The van der Waals surface area contributed by atoms with Crippen LogP contribution in [0.5, 0.6) is 0 Å². The number of aryl methyl sites for hydroxylation is 1. The molecule has 0 N–H and O–H groups in total. The third kappa shape index (κ3) is 6.46. The zero-order valence-electron chi connectivity index (χ0n) is 34.2. The number of hydrogen-bond donors (Lipinski definition) is 0. The molecule has 8 heteroatoms. The average molecular weight is 791 g/mol. The predicted molar refractivity (Wildman–Crippen MR) is 251 cm³/mol. The third-order valence-electron chi connectivity index (χ3n) is 11.3. The molecule has 4 aromatic carbocycles. The lowest BCUT2D eigenvalue weighted by Gasteiger charge is -2.11. The lowest BCUT2D eigenvalue weighted by atomic mass is 10.0. The van der Waals surface area contributed by atoms with Crippen LogP contribution >= 0.6 is 0 Å². The molecule has 0 aliphatic rings. The van der Waals surface area contributed by atoms with E-state index in [4.69, 9.17) is 9.97 Å². The highest BCUT2D eigenvalue weighted by Crippen LogP contribution is 2.37. The van der Waals surface area contributed by atoms with Gasteiger partial charge in [-0.1, -0.05) is 69.3 Å². The topological polar surface area (TPSA) is 79.2 Å². The molecule has 12 rings (SSSR count). The highest BCUT2D eigenvalue weighted by atomic mass is 15.0. The van der Waals surface area contributed by atoms with Crippen LogP contribution in [0.2, 0.25) is 0 Å². The Hall–Kier alpha value is -7.97. The number of hydrogen-bond acceptors (Lipinski definition) is 5. The van der Waals surface area contributed by atoms with Crippen molar-refractivity contribution in [2.45, 2.75) is 27.2 Å². The van der Waals surface area contributed by atoms with Gasteiger partial charge in [0, 0.05) is 88.2 Å². The molecule has 294 valence electrons. The Morgan fingerprint density at radius 3 is 1.43 bits per heavy atom. The van der Waals surface area contributed by atoms with E-state index in [1.807, 2.05) is 75.4 Å². The number of para-hydroxylation sites is 1. The van der Waals surface area contributed by atoms with Gasteiger partial charge in [-0.05, 0) is 114 Å². The molecule has 0 radical (unpaired) electrons. The maximum Gasteiger partial charge on any atom is 0.0964 e. The average Bonchev–Trinajstić information content (AvgIpc) is 3.98. The second kappa shape index (κ2) is 16.0. The van der Waals surface area contributed by atoms with Crippen LogP contribution in [0.1, 0.15) is 26.3 Å². The van der Waals surface area contributed by atoms with E-state index in [1.54, 1.807) is 6.20 Å². The minimum Gasteiger partial charge on any atom is -0.309 e. The van der Waals surface area contributed by atoms with Crippen molar-refractivity contribution in [3.8, 4) is 28.2 Å². The van der Waals surface area contributed by atoms with Gasteiger partial charge in [-0.15, -0.1) is 0 Å². The molecular weight excluding hydrogens is 749 g/mol. The van der Waals surface area contributed by atoms with E-state index in [9.17, 15) is 0 Å². The first kappa shape index (κ1) is 37.3. The Morgan fingerprint density at radius 1 is 0.377 bits per heavy atom. The molecule has 0 bridgehead atoms. The normalized spacial score (nSPS) is 11.3. The quantitative estimate of drug-likeness (QED) is 0.173. The van der Waals surface area contributed by atoms with Gasteiger partial charge in [0.05, 0.1) is 44.1 Å². The molecule has 8 aromatic heterocycles. The van der Waals surface area contributed by atoms with Crippen LogP contribution in [0.25, 0.3) is 93.9 Å². The molecule has 0 atom stereocenters. The zero-order valence-corrected chi connectivity index (χ0v) is 34.2. The van der Waals surface area contributed by atoms with Crippen LogP contribution in [0, 0.1) is 0 Å². The first-order chi connectivity index (χ1) is 30.2. The lowest BCUT2D eigenvalue weighted by molar-refractivity contribution is 1.10. The standard InChI is InChI=1S/C44H27N7.C7H9N.C2H6/c1-2-6-37-33(5-1)43-41(7-3-21-47-43)51(37)32-17-18-38-34(25-32)44-42(8-4-22-48-44)50(38)31-15-11-29(12-16-31)28-9-13-30(14-10-28)49-39-19-23-45-26-35(39)36-27-46-24-20-40(36)49;1-2-7-4-3-5-8-6-7;1-2/h1-27H;3-6H,2H2,1H3;1-2H3. The maximum atomic E-state index is 4.88. The van der Waals surface area contributed by atoms with Crippen LogP contribution in [0.15, 0.2) is 189 Å². The summed E-state index contributed by atoms with van der Waals surface area (Å²) in [5.74, 6) is 0. The minimum absolute atomic E-state index is 0.976. The molecule has 8 nitrogen and oxygen atoms in total. The van der Waals surface area contributed by atoms with E-state index in [1.165, 1.54) is 5.56 Å². The van der Waals surface area contributed by atoms with Crippen LogP contribution in [0.4, 0.5) is 0 Å². The highest BCUT2D eigenvalue weighted by molar-refractivity contribution is 6.10. The molecule has 61 heavy (non-hydrogen) atoms. The Morgan fingerprint density at radius 2 is 0.852 bits per heavy atom. The molecule has 12 aromatic rings. The molecule has 0 amide bonds. The summed E-state index contributed by atoms with van der Waals surface area (Å²) >= 11 is 0. The van der Waals surface area contributed by atoms with Crippen molar-refractivity contribution >= 4 is 65.7 Å². The number of aromatic nitrogens is 8. The fourth-order valence-corrected chi connectivity index (χ4v) is 8.50. The van der Waals surface area contributed by atoms with Crippen molar-refractivity contribution in [3.63, 3.8) is 0 Å². The van der Waals surface area contributed by atoms with Crippen molar-refractivity contribution in [2.24, 2.45) is 0 Å². The first-order valence-corrected chi connectivity index (χ1v) is 20.8. The fraction of sp³-hybridized carbons (Fsp3) is 0.0755. The van der Waals surface area contributed by atoms with Gasteiger partial charge in [0.1, 0.15) is 0 Å². The van der Waals surface area contributed by atoms with Crippen molar-refractivity contribution in [1.29, 1.82) is 0 Å². The van der Waals surface area contributed by atoms with Gasteiger partial charge in [0.25, 0.3) is 0 Å². The van der Waals surface area contributed by atoms with Gasteiger partial charge in [0.15, 0.2) is 0 Å². The SMILES string of the molecule is CC.CCc1cccnc1.c1ccc2c(c1)c1ncccc1n2-c1ccc2c(c1)c1ncccc1n2-c1ccc(-c2ccc(-n3c4ccncc4c4cnccc43)cc2)cc1. The van der Waals surface area contributed by atoms with Gasteiger partial charge in [-0.3, -0.25) is 24.9 Å². The third-order valence-corrected chi connectivity index (χ3v) is 11.3. The first-order valence-electron chi connectivity index (χ1n) is 20.8. The van der Waals surface area contributed by atoms with Gasteiger partial charge in [-0.25, -0.2) is 0 Å². The zero-order chi connectivity index (χ0) is 41.3. The maximum absolute atomic E-state index is 4.88. The fourth-order valence-electron chi connectivity index (χ4n) is 8.50. The number of nitrogens with zero attached hydrogens (tertiary/aromatic N) is 8. The molecule has 0 unspecified atom stereocenters. The van der Waals surface area contributed by atoms with Gasteiger partial charge >= 0.3 is 0 Å². The molecule has 0 aliphatic heterocycles.